The second-order valence-electron chi connectivity index (χ2n) is 8.78. The molecule has 0 radical (unpaired) electrons. The van der Waals surface area contributed by atoms with E-state index < -0.39 is 46.9 Å². The third-order valence-corrected chi connectivity index (χ3v) is 7.52. The summed E-state index contributed by atoms with van der Waals surface area (Å²) in [7, 11) is 0. The highest BCUT2D eigenvalue weighted by Gasteiger charge is 2.74. The fraction of sp³-hybridized carbons (Fsp3) is 0.185. The maximum absolute atomic E-state index is 13.7. The molecule has 6 nitrogen and oxygen atoms in total. The Morgan fingerprint density at radius 1 is 0.765 bits per heavy atom. The van der Waals surface area contributed by atoms with Gasteiger partial charge in [0.05, 0.1) is 24.5 Å². The van der Waals surface area contributed by atoms with E-state index in [4.69, 9.17) is 4.74 Å². The van der Waals surface area contributed by atoms with Crippen LogP contribution in [-0.2, 0) is 20.9 Å². The Bertz CT molecular complexity index is 1330. The van der Waals surface area contributed by atoms with Crippen LogP contribution < -0.4 is 0 Å². The molecule has 3 aromatic carbocycles. The number of likely N-dealkylation sites (tertiary alicyclic amines) is 1. The lowest BCUT2D eigenvalue weighted by atomic mass is 9.77. The molecular weight excluding hydrogens is 498 g/mol. The standard InChI is InChI=1S/C27H18BrNO5/c28-17-12-10-16(11-13-17)22-20-21(26(33)29(25(20)32)14-15-6-2-1-3-7-15)27(34-22)23(30)18-8-4-5-9-19(18)24(27)31/h1-13,20-22H,14H2/t20-,21-,22-/m0/s1. The first-order valence-corrected chi connectivity index (χ1v) is 11.7. The Kier molecular flexibility index (Phi) is 4.69. The zero-order valence-corrected chi connectivity index (χ0v) is 19.4. The minimum atomic E-state index is -2.04. The van der Waals surface area contributed by atoms with E-state index in [1.165, 1.54) is 4.90 Å². The first-order valence-electron chi connectivity index (χ1n) is 10.9. The molecule has 168 valence electrons. The molecule has 3 atom stereocenters. The van der Waals surface area contributed by atoms with Crippen LogP contribution in [0.15, 0.2) is 83.3 Å². The molecule has 1 spiro atoms. The molecule has 1 aliphatic carbocycles. The van der Waals surface area contributed by atoms with Crippen LogP contribution in [0.3, 0.4) is 0 Å². The molecule has 0 saturated carbocycles. The van der Waals surface area contributed by atoms with Gasteiger partial charge in [0.25, 0.3) is 0 Å². The summed E-state index contributed by atoms with van der Waals surface area (Å²) in [5, 5.41) is 0. The number of rotatable bonds is 3. The van der Waals surface area contributed by atoms with E-state index >= 15 is 0 Å². The molecule has 0 bridgehead atoms. The normalized spacial score (nSPS) is 24.7. The minimum Gasteiger partial charge on any atom is -0.349 e. The van der Waals surface area contributed by atoms with Crippen molar-refractivity contribution in [2.45, 2.75) is 18.2 Å². The summed E-state index contributed by atoms with van der Waals surface area (Å²) >= 11 is 3.40. The maximum atomic E-state index is 13.7. The number of carbonyl (C=O) groups is 4. The topological polar surface area (TPSA) is 80.8 Å². The molecule has 2 aliphatic heterocycles. The Balaban J connectivity index is 1.49. The average Bonchev–Trinajstić information content (AvgIpc) is 3.41. The van der Waals surface area contributed by atoms with Gasteiger partial charge in [0.1, 0.15) is 0 Å². The number of imide groups is 1. The average molecular weight is 516 g/mol. The van der Waals surface area contributed by atoms with Crippen LogP contribution in [-0.4, -0.2) is 33.9 Å². The van der Waals surface area contributed by atoms with Gasteiger partial charge < -0.3 is 4.74 Å². The fourth-order valence-corrected chi connectivity index (χ4v) is 5.72. The van der Waals surface area contributed by atoms with Gasteiger partial charge in [-0.15, -0.1) is 0 Å². The zero-order valence-electron chi connectivity index (χ0n) is 17.8. The van der Waals surface area contributed by atoms with Crippen molar-refractivity contribution in [1.82, 2.24) is 4.90 Å². The van der Waals surface area contributed by atoms with Crippen LogP contribution in [0.2, 0.25) is 0 Å². The zero-order chi connectivity index (χ0) is 23.6. The van der Waals surface area contributed by atoms with Gasteiger partial charge in [0, 0.05) is 15.6 Å². The van der Waals surface area contributed by atoms with Gasteiger partial charge in [0.2, 0.25) is 29.0 Å². The molecule has 2 heterocycles. The van der Waals surface area contributed by atoms with Crippen molar-refractivity contribution >= 4 is 39.3 Å². The van der Waals surface area contributed by atoms with Crippen molar-refractivity contribution in [3.05, 3.63) is 106 Å². The number of fused-ring (bicyclic) bond motifs is 3. The Morgan fingerprint density at radius 2 is 1.35 bits per heavy atom. The van der Waals surface area contributed by atoms with Crippen LogP contribution in [0.1, 0.15) is 37.9 Å². The summed E-state index contributed by atoms with van der Waals surface area (Å²) in [5.74, 6) is -4.27. The first kappa shape index (κ1) is 21.1. The van der Waals surface area contributed by atoms with Crippen molar-refractivity contribution in [3.63, 3.8) is 0 Å². The summed E-state index contributed by atoms with van der Waals surface area (Å²) in [6.07, 6.45) is -0.905. The molecule has 0 N–H and O–H groups in total. The number of hydrogen-bond donors (Lipinski definition) is 0. The molecule has 6 rings (SSSR count). The number of carbonyl (C=O) groups excluding carboxylic acids is 4. The summed E-state index contributed by atoms with van der Waals surface area (Å²) < 4.78 is 7.10. The predicted molar refractivity (Wildman–Crippen MR) is 125 cm³/mol. The number of nitrogens with zero attached hydrogens (tertiary/aromatic N) is 1. The minimum absolute atomic E-state index is 0.0734. The molecule has 0 aromatic heterocycles. The van der Waals surface area contributed by atoms with Gasteiger partial charge in [-0.25, -0.2) is 0 Å². The largest absolute Gasteiger partial charge is 0.349 e. The van der Waals surface area contributed by atoms with Gasteiger partial charge >= 0.3 is 0 Å². The SMILES string of the molecule is O=C1[C@H]2[C@@H](C(=O)N1Cc1ccccc1)C1(O[C@H]2c2ccc(Br)cc2)C(=O)c2ccccc2C1=O. The lowest BCUT2D eigenvalue weighted by molar-refractivity contribution is -0.145. The van der Waals surface area contributed by atoms with E-state index in [9.17, 15) is 19.2 Å². The molecule has 2 fully saturated rings. The number of ether oxygens (including phenoxy) is 1. The van der Waals surface area contributed by atoms with Crippen LogP contribution in [0, 0.1) is 11.8 Å². The van der Waals surface area contributed by atoms with E-state index in [-0.39, 0.29) is 17.7 Å². The molecule has 2 saturated heterocycles. The quantitative estimate of drug-likeness (QED) is 0.386. The van der Waals surface area contributed by atoms with Crippen molar-refractivity contribution in [2.24, 2.45) is 11.8 Å². The van der Waals surface area contributed by atoms with Gasteiger partial charge in [0.15, 0.2) is 0 Å². The number of ketones is 2. The smallest absolute Gasteiger partial charge is 0.237 e. The van der Waals surface area contributed by atoms with Gasteiger partial charge in [-0.1, -0.05) is 82.7 Å². The van der Waals surface area contributed by atoms with E-state index in [0.29, 0.717) is 5.56 Å². The fourth-order valence-electron chi connectivity index (χ4n) is 5.45. The number of Topliss-reactive ketones (excluding diaryl/α,β-unsaturated/α-hetero) is 2. The molecule has 3 aromatic rings. The number of halogens is 1. The monoisotopic (exact) mass is 515 g/mol. The van der Waals surface area contributed by atoms with Crippen molar-refractivity contribution in [3.8, 4) is 0 Å². The highest BCUT2D eigenvalue weighted by molar-refractivity contribution is 9.10. The Morgan fingerprint density at radius 3 is 1.97 bits per heavy atom. The predicted octanol–water partition coefficient (Wildman–Crippen LogP) is 4.14. The van der Waals surface area contributed by atoms with Crippen molar-refractivity contribution in [1.29, 1.82) is 0 Å². The Labute approximate surface area is 203 Å². The van der Waals surface area contributed by atoms with E-state index in [2.05, 4.69) is 15.9 Å². The van der Waals surface area contributed by atoms with Crippen molar-refractivity contribution in [2.75, 3.05) is 0 Å². The molecule has 2 amide bonds. The van der Waals surface area contributed by atoms with E-state index in [1.807, 2.05) is 30.3 Å². The van der Waals surface area contributed by atoms with Crippen LogP contribution in [0.5, 0.6) is 0 Å². The lowest BCUT2D eigenvalue weighted by Crippen LogP contribution is -2.50. The lowest BCUT2D eigenvalue weighted by Gasteiger charge is -2.27. The van der Waals surface area contributed by atoms with Crippen LogP contribution in [0.25, 0.3) is 0 Å². The molecule has 34 heavy (non-hydrogen) atoms. The van der Waals surface area contributed by atoms with Gasteiger partial charge in [-0.3, -0.25) is 24.1 Å². The summed E-state index contributed by atoms with van der Waals surface area (Å²) in [6, 6.07) is 22.8. The number of amides is 2. The van der Waals surface area contributed by atoms with E-state index in [1.54, 1.807) is 48.5 Å². The summed E-state index contributed by atoms with van der Waals surface area (Å²) in [4.78, 5) is 56.0. The van der Waals surface area contributed by atoms with E-state index in [0.717, 1.165) is 10.0 Å². The second-order valence-corrected chi connectivity index (χ2v) is 9.70. The molecular formula is C27H18BrNO5. The number of benzene rings is 3. The molecule has 7 heteroatoms. The third-order valence-electron chi connectivity index (χ3n) is 6.99. The molecule has 3 aliphatic rings. The van der Waals surface area contributed by atoms with Crippen molar-refractivity contribution < 1.29 is 23.9 Å². The Hall–Kier alpha value is -3.42. The van der Waals surface area contributed by atoms with Gasteiger partial charge in [-0.2, -0.15) is 0 Å². The number of hydrogen-bond acceptors (Lipinski definition) is 5. The molecule has 0 unspecified atom stereocenters. The van der Waals surface area contributed by atoms with Gasteiger partial charge in [-0.05, 0) is 23.3 Å². The first-order chi connectivity index (χ1) is 16.4. The van der Waals surface area contributed by atoms with Crippen LogP contribution in [0.4, 0.5) is 0 Å². The van der Waals surface area contributed by atoms with Crippen LogP contribution >= 0.6 is 15.9 Å². The summed E-state index contributed by atoms with van der Waals surface area (Å²) in [6.45, 7) is 0.0734. The highest BCUT2D eigenvalue weighted by Crippen LogP contribution is 2.57. The second kappa shape index (κ2) is 7.55. The third kappa shape index (κ3) is 2.77. The summed E-state index contributed by atoms with van der Waals surface area (Å²) in [5.41, 5.74) is -0.167. The highest BCUT2D eigenvalue weighted by atomic mass is 79.9. The maximum Gasteiger partial charge on any atom is 0.237 e.